The Hall–Kier alpha value is -1.41. The number of amides is 1. The van der Waals surface area contributed by atoms with Crippen molar-refractivity contribution in [1.82, 2.24) is 4.31 Å². The summed E-state index contributed by atoms with van der Waals surface area (Å²) in [7, 11) is -3.65. The highest BCUT2D eigenvalue weighted by Crippen LogP contribution is 2.28. The summed E-state index contributed by atoms with van der Waals surface area (Å²) in [4.78, 5) is 12.6. The minimum absolute atomic E-state index is 0.268. The number of hydrogen-bond donors (Lipinski definition) is 1. The van der Waals surface area contributed by atoms with Gasteiger partial charge in [0, 0.05) is 17.3 Å². The number of benzene rings is 1. The Balaban J connectivity index is 1.83. The molecule has 5 nitrogen and oxygen atoms in total. The average molecular weight is 385 g/mol. The van der Waals surface area contributed by atoms with Gasteiger partial charge in [0.1, 0.15) is 10.3 Å². The highest BCUT2D eigenvalue weighted by atomic mass is 35.5. The summed E-state index contributed by atoms with van der Waals surface area (Å²) in [5.41, 5.74) is 0.562. The van der Waals surface area contributed by atoms with Gasteiger partial charge in [0.25, 0.3) is 10.0 Å². The van der Waals surface area contributed by atoms with Gasteiger partial charge in [0.15, 0.2) is 0 Å². The topological polar surface area (TPSA) is 66.5 Å². The van der Waals surface area contributed by atoms with E-state index in [0.29, 0.717) is 23.7 Å². The van der Waals surface area contributed by atoms with Crippen LogP contribution in [0.1, 0.15) is 19.3 Å². The van der Waals surface area contributed by atoms with E-state index in [1.165, 1.54) is 4.31 Å². The molecule has 1 aromatic heterocycles. The number of sulfonamides is 1. The lowest BCUT2D eigenvalue weighted by Crippen LogP contribution is -2.49. The quantitative estimate of drug-likeness (QED) is 0.876. The van der Waals surface area contributed by atoms with Gasteiger partial charge in [-0.2, -0.15) is 4.31 Å². The standard InChI is InChI=1S/C16H17ClN2O3S2/c17-12-5-3-6-13(11-12)18-16(20)14-7-1-2-9-19(14)24(21,22)15-8-4-10-23-15/h3-6,8,10-11,14H,1-2,7,9H2,(H,18,20)/t14-/m0/s1. The summed E-state index contributed by atoms with van der Waals surface area (Å²) >= 11 is 7.09. The van der Waals surface area contributed by atoms with Gasteiger partial charge in [-0.1, -0.05) is 30.2 Å². The third-order valence-corrected chi connectivity index (χ3v) is 7.42. The van der Waals surface area contributed by atoms with Crippen molar-refractivity contribution in [2.45, 2.75) is 29.5 Å². The molecule has 0 spiro atoms. The van der Waals surface area contributed by atoms with Crippen LogP contribution in [0, 0.1) is 0 Å². The van der Waals surface area contributed by atoms with Crippen LogP contribution >= 0.6 is 22.9 Å². The van der Waals surface area contributed by atoms with Gasteiger partial charge in [-0.15, -0.1) is 11.3 Å². The summed E-state index contributed by atoms with van der Waals surface area (Å²) in [5.74, 6) is -0.322. The fraction of sp³-hybridized carbons (Fsp3) is 0.312. The summed E-state index contributed by atoms with van der Waals surface area (Å²) in [6, 6.07) is 9.38. The van der Waals surface area contributed by atoms with E-state index < -0.39 is 16.1 Å². The van der Waals surface area contributed by atoms with Crippen LogP contribution in [0.15, 0.2) is 46.0 Å². The zero-order chi connectivity index (χ0) is 17.2. The number of piperidine rings is 1. The Morgan fingerprint density at radius 3 is 2.79 bits per heavy atom. The van der Waals surface area contributed by atoms with Gasteiger partial charge in [-0.3, -0.25) is 4.79 Å². The van der Waals surface area contributed by atoms with Crippen LogP contribution in [-0.4, -0.2) is 31.2 Å². The minimum Gasteiger partial charge on any atom is -0.325 e. The van der Waals surface area contributed by atoms with Crippen molar-refractivity contribution in [2.75, 3.05) is 11.9 Å². The largest absolute Gasteiger partial charge is 0.325 e. The fourth-order valence-electron chi connectivity index (χ4n) is 2.77. The monoisotopic (exact) mass is 384 g/mol. The van der Waals surface area contributed by atoms with E-state index in [1.807, 2.05) is 0 Å². The Morgan fingerprint density at radius 1 is 1.25 bits per heavy atom. The second kappa shape index (κ2) is 7.23. The molecule has 0 radical (unpaired) electrons. The molecule has 1 fully saturated rings. The van der Waals surface area contributed by atoms with Crippen LogP contribution in [0.3, 0.4) is 0 Å². The summed E-state index contributed by atoms with van der Waals surface area (Å²) in [5, 5.41) is 5.01. The zero-order valence-corrected chi connectivity index (χ0v) is 15.2. The molecule has 0 saturated carbocycles. The number of nitrogens with one attached hydrogen (secondary N) is 1. The molecule has 8 heteroatoms. The lowest BCUT2D eigenvalue weighted by atomic mass is 10.0. The van der Waals surface area contributed by atoms with Crippen LogP contribution < -0.4 is 5.32 Å². The second-order valence-corrected chi connectivity index (χ2v) is 9.06. The second-order valence-electron chi connectivity index (χ2n) is 5.56. The molecule has 1 aliphatic heterocycles. The normalized spacial score (nSPS) is 19.1. The predicted molar refractivity (Wildman–Crippen MR) is 95.9 cm³/mol. The van der Waals surface area contributed by atoms with Crippen molar-refractivity contribution in [3.05, 3.63) is 46.8 Å². The van der Waals surface area contributed by atoms with Crippen LogP contribution in [0.25, 0.3) is 0 Å². The molecule has 24 heavy (non-hydrogen) atoms. The number of nitrogens with zero attached hydrogens (tertiary/aromatic N) is 1. The van der Waals surface area contributed by atoms with E-state index in [1.54, 1.807) is 41.8 Å². The number of carbonyl (C=O) groups excluding carboxylic acids is 1. The maximum atomic E-state index is 12.8. The first-order chi connectivity index (χ1) is 11.5. The van der Waals surface area contributed by atoms with Crippen molar-refractivity contribution in [2.24, 2.45) is 0 Å². The zero-order valence-electron chi connectivity index (χ0n) is 12.8. The highest BCUT2D eigenvalue weighted by molar-refractivity contribution is 7.91. The number of carbonyl (C=O) groups is 1. The average Bonchev–Trinajstić information content (AvgIpc) is 3.10. The third kappa shape index (κ3) is 3.64. The number of thiophene rings is 1. The van der Waals surface area contributed by atoms with E-state index in [-0.39, 0.29) is 10.1 Å². The first-order valence-electron chi connectivity index (χ1n) is 7.60. The Labute approximate surface area is 150 Å². The van der Waals surface area contributed by atoms with Gasteiger partial charge in [0.2, 0.25) is 5.91 Å². The third-order valence-electron chi connectivity index (χ3n) is 3.91. The number of rotatable bonds is 4. The molecular formula is C16H17ClN2O3S2. The van der Waals surface area contributed by atoms with Crippen LogP contribution in [-0.2, 0) is 14.8 Å². The van der Waals surface area contributed by atoms with Crippen molar-refractivity contribution >= 4 is 44.6 Å². The predicted octanol–water partition coefficient (Wildman–Crippen LogP) is 3.58. The van der Waals surface area contributed by atoms with Crippen molar-refractivity contribution in [1.29, 1.82) is 0 Å². The summed E-state index contributed by atoms with van der Waals surface area (Å²) in [6.07, 6.45) is 2.09. The van der Waals surface area contributed by atoms with Gasteiger partial charge in [-0.25, -0.2) is 8.42 Å². The van der Waals surface area contributed by atoms with Crippen molar-refractivity contribution in [3.8, 4) is 0 Å². The fourth-order valence-corrected chi connectivity index (χ4v) is 5.74. The number of halogens is 1. The molecule has 0 unspecified atom stereocenters. The van der Waals surface area contributed by atoms with E-state index in [2.05, 4.69) is 5.32 Å². The molecule has 0 aliphatic carbocycles. The Morgan fingerprint density at radius 2 is 2.08 bits per heavy atom. The molecule has 2 heterocycles. The lowest BCUT2D eigenvalue weighted by Gasteiger charge is -2.33. The molecule has 1 amide bonds. The molecule has 1 atom stereocenters. The molecular weight excluding hydrogens is 368 g/mol. The lowest BCUT2D eigenvalue weighted by molar-refractivity contribution is -0.120. The first-order valence-corrected chi connectivity index (χ1v) is 10.3. The Bertz CT molecular complexity index is 822. The molecule has 1 aliphatic rings. The maximum Gasteiger partial charge on any atom is 0.253 e. The van der Waals surface area contributed by atoms with Crippen LogP contribution in [0.2, 0.25) is 5.02 Å². The number of anilines is 1. The molecule has 1 N–H and O–H groups in total. The minimum atomic E-state index is -3.65. The van der Waals surface area contributed by atoms with Gasteiger partial charge < -0.3 is 5.32 Å². The van der Waals surface area contributed by atoms with Gasteiger partial charge in [-0.05, 0) is 42.5 Å². The summed E-state index contributed by atoms with van der Waals surface area (Å²) < 4.78 is 27.2. The van der Waals surface area contributed by atoms with E-state index in [4.69, 9.17) is 11.6 Å². The van der Waals surface area contributed by atoms with Crippen LogP contribution in [0.4, 0.5) is 5.69 Å². The SMILES string of the molecule is O=C(Nc1cccc(Cl)c1)[C@@H]1CCCCN1S(=O)(=O)c1cccs1. The maximum absolute atomic E-state index is 12.8. The van der Waals surface area contributed by atoms with Crippen molar-refractivity contribution in [3.63, 3.8) is 0 Å². The van der Waals surface area contributed by atoms with Crippen LogP contribution in [0.5, 0.6) is 0 Å². The first kappa shape index (κ1) is 17.4. The van der Waals surface area contributed by atoms with Crippen molar-refractivity contribution < 1.29 is 13.2 Å². The molecule has 0 bridgehead atoms. The molecule has 1 saturated heterocycles. The molecule has 1 aromatic carbocycles. The smallest absolute Gasteiger partial charge is 0.253 e. The molecule has 2 aromatic rings. The van der Waals surface area contributed by atoms with E-state index in [9.17, 15) is 13.2 Å². The highest BCUT2D eigenvalue weighted by Gasteiger charge is 2.38. The van der Waals surface area contributed by atoms with E-state index in [0.717, 1.165) is 24.2 Å². The van der Waals surface area contributed by atoms with Gasteiger partial charge >= 0.3 is 0 Å². The molecule has 128 valence electrons. The van der Waals surface area contributed by atoms with E-state index >= 15 is 0 Å². The number of hydrogen-bond acceptors (Lipinski definition) is 4. The Kier molecular flexibility index (Phi) is 5.24. The molecule has 3 rings (SSSR count). The van der Waals surface area contributed by atoms with Gasteiger partial charge in [0.05, 0.1) is 0 Å². The summed E-state index contributed by atoms with van der Waals surface area (Å²) in [6.45, 7) is 0.355.